The Morgan fingerprint density at radius 1 is 1.48 bits per heavy atom. The molecule has 0 spiro atoms. The maximum absolute atomic E-state index is 12.2. The Bertz CT molecular complexity index is 639. The number of pyridine rings is 1. The van der Waals surface area contributed by atoms with Crippen molar-refractivity contribution in [2.24, 2.45) is 11.7 Å². The highest BCUT2D eigenvalue weighted by molar-refractivity contribution is 5.79. The van der Waals surface area contributed by atoms with Crippen LogP contribution in [0.25, 0.3) is 5.52 Å². The largest absolute Gasteiger partial charge is 0.391 e. The molecule has 6 nitrogen and oxygen atoms in total. The fourth-order valence-corrected chi connectivity index (χ4v) is 2.90. The Hall–Kier alpha value is -1.92. The van der Waals surface area contributed by atoms with Gasteiger partial charge in [-0.05, 0) is 37.0 Å². The Kier molecular flexibility index (Phi) is 3.90. The molecule has 1 saturated carbocycles. The number of aromatic nitrogens is 2. The Morgan fingerprint density at radius 3 is 3.14 bits per heavy atom. The van der Waals surface area contributed by atoms with Gasteiger partial charge < -0.3 is 16.2 Å². The summed E-state index contributed by atoms with van der Waals surface area (Å²) in [5.74, 6) is -0.160. The molecule has 3 rings (SSSR count). The molecule has 2 aromatic rings. The van der Waals surface area contributed by atoms with E-state index in [0.717, 1.165) is 17.5 Å². The van der Waals surface area contributed by atoms with Crippen LogP contribution in [0.5, 0.6) is 0 Å². The van der Waals surface area contributed by atoms with E-state index in [1.54, 1.807) is 10.7 Å². The van der Waals surface area contributed by atoms with Gasteiger partial charge in [0.2, 0.25) is 5.91 Å². The first-order valence-electron chi connectivity index (χ1n) is 7.28. The number of amides is 1. The monoisotopic (exact) mass is 288 g/mol. The van der Waals surface area contributed by atoms with Gasteiger partial charge >= 0.3 is 0 Å². The van der Waals surface area contributed by atoms with E-state index < -0.39 is 6.10 Å². The minimum absolute atomic E-state index is 0.0116. The first kappa shape index (κ1) is 14.0. The van der Waals surface area contributed by atoms with Crippen LogP contribution >= 0.6 is 0 Å². The maximum atomic E-state index is 12.2. The number of aliphatic hydroxyl groups excluding tert-OH is 1. The third-order valence-corrected chi connectivity index (χ3v) is 4.22. The van der Waals surface area contributed by atoms with Crippen molar-refractivity contribution in [2.45, 2.75) is 38.0 Å². The summed E-state index contributed by atoms with van der Waals surface area (Å²) in [5, 5.41) is 16.9. The molecule has 0 aromatic carbocycles. The molecule has 0 radical (unpaired) electrons. The number of carbonyl (C=O) groups is 1. The van der Waals surface area contributed by atoms with Crippen LogP contribution in [0, 0.1) is 5.92 Å². The minimum atomic E-state index is -0.576. The topological polar surface area (TPSA) is 92.7 Å². The molecule has 0 aliphatic heterocycles. The smallest absolute Gasteiger partial charge is 0.223 e. The van der Waals surface area contributed by atoms with Crippen LogP contribution in [0.15, 0.2) is 30.6 Å². The summed E-state index contributed by atoms with van der Waals surface area (Å²) < 4.78 is 1.78. The van der Waals surface area contributed by atoms with E-state index in [0.29, 0.717) is 19.4 Å². The van der Waals surface area contributed by atoms with Crippen LogP contribution in [0.2, 0.25) is 0 Å². The highest BCUT2D eigenvalue weighted by Crippen LogP contribution is 2.24. The van der Waals surface area contributed by atoms with Crippen LogP contribution in [-0.4, -0.2) is 32.8 Å². The van der Waals surface area contributed by atoms with Crippen molar-refractivity contribution in [3.05, 3.63) is 36.2 Å². The van der Waals surface area contributed by atoms with E-state index in [2.05, 4.69) is 10.4 Å². The van der Waals surface area contributed by atoms with Gasteiger partial charge in [-0.25, -0.2) is 4.52 Å². The van der Waals surface area contributed by atoms with Crippen LogP contribution in [0.1, 0.15) is 24.8 Å². The van der Waals surface area contributed by atoms with Crippen LogP contribution in [0.4, 0.5) is 0 Å². The quantitative estimate of drug-likeness (QED) is 0.764. The van der Waals surface area contributed by atoms with Crippen molar-refractivity contribution < 1.29 is 9.90 Å². The molecular formula is C15H20N4O2. The molecular weight excluding hydrogens is 268 g/mol. The summed E-state index contributed by atoms with van der Waals surface area (Å²) >= 11 is 0. The number of hydrogen-bond acceptors (Lipinski definition) is 4. The van der Waals surface area contributed by atoms with Gasteiger partial charge in [-0.3, -0.25) is 4.79 Å². The van der Waals surface area contributed by atoms with Gasteiger partial charge in [-0.2, -0.15) is 5.10 Å². The van der Waals surface area contributed by atoms with Gasteiger partial charge in [0, 0.05) is 30.9 Å². The molecule has 2 aromatic heterocycles. The van der Waals surface area contributed by atoms with E-state index in [1.807, 2.05) is 24.4 Å². The third kappa shape index (κ3) is 2.91. The lowest BCUT2D eigenvalue weighted by Gasteiger charge is -2.29. The Labute approximate surface area is 122 Å². The fourth-order valence-electron chi connectivity index (χ4n) is 2.90. The van der Waals surface area contributed by atoms with Crippen molar-refractivity contribution in [1.29, 1.82) is 0 Å². The molecule has 3 atom stereocenters. The first-order valence-corrected chi connectivity index (χ1v) is 7.28. The van der Waals surface area contributed by atoms with E-state index in [9.17, 15) is 9.90 Å². The number of nitrogens with zero attached hydrogens (tertiary/aromatic N) is 2. The van der Waals surface area contributed by atoms with E-state index in [1.165, 1.54) is 0 Å². The molecule has 21 heavy (non-hydrogen) atoms. The summed E-state index contributed by atoms with van der Waals surface area (Å²) in [7, 11) is 0. The van der Waals surface area contributed by atoms with Crippen molar-refractivity contribution in [3.8, 4) is 0 Å². The van der Waals surface area contributed by atoms with Gasteiger partial charge in [0.15, 0.2) is 0 Å². The summed E-state index contributed by atoms with van der Waals surface area (Å²) in [5.41, 5.74) is 7.78. The number of carbonyl (C=O) groups excluding carboxylic acids is 1. The summed E-state index contributed by atoms with van der Waals surface area (Å²) in [6, 6.07) is 5.60. The molecule has 1 aliphatic carbocycles. The maximum Gasteiger partial charge on any atom is 0.223 e. The molecule has 0 unspecified atom stereocenters. The zero-order valence-electron chi connectivity index (χ0n) is 11.8. The molecule has 0 bridgehead atoms. The van der Waals surface area contributed by atoms with Gasteiger partial charge in [0.1, 0.15) is 0 Å². The predicted octanol–water partition coefficient (Wildman–Crippen LogP) is 0.439. The lowest BCUT2D eigenvalue weighted by atomic mass is 9.84. The molecule has 1 fully saturated rings. The average Bonchev–Trinajstić information content (AvgIpc) is 2.96. The first-order chi connectivity index (χ1) is 10.1. The van der Waals surface area contributed by atoms with Crippen LogP contribution in [-0.2, 0) is 11.3 Å². The minimum Gasteiger partial charge on any atom is -0.391 e. The highest BCUT2D eigenvalue weighted by atomic mass is 16.3. The van der Waals surface area contributed by atoms with Crippen molar-refractivity contribution in [1.82, 2.24) is 14.9 Å². The molecule has 1 amide bonds. The number of aliphatic hydroxyl groups is 1. The normalized spacial score (nSPS) is 25.9. The second kappa shape index (κ2) is 5.83. The third-order valence-electron chi connectivity index (χ3n) is 4.22. The second-order valence-corrected chi connectivity index (χ2v) is 5.65. The summed E-state index contributed by atoms with van der Waals surface area (Å²) in [4.78, 5) is 12.2. The molecule has 112 valence electrons. The van der Waals surface area contributed by atoms with E-state index in [-0.39, 0.29) is 17.9 Å². The van der Waals surface area contributed by atoms with Gasteiger partial charge in [-0.1, -0.05) is 6.07 Å². The number of nitrogens with two attached hydrogens (primary N) is 1. The highest BCUT2D eigenvalue weighted by Gasteiger charge is 2.30. The average molecular weight is 288 g/mol. The van der Waals surface area contributed by atoms with Crippen molar-refractivity contribution in [2.75, 3.05) is 0 Å². The van der Waals surface area contributed by atoms with Crippen molar-refractivity contribution >= 4 is 11.4 Å². The standard InChI is InChI=1S/C15H20N4O2/c16-12-4-3-10(8-14(12)20)15(21)17-9-11-2-1-7-19-13(11)5-6-18-19/h1-2,5-7,10,12,14,20H,3-4,8-9,16H2,(H,17,21)/t10-,12-,14-/m0/s1. The zero-order chi connectivity index (χ0) is 14.8. The second-order valence-electron chi connectivity index (χ2n) is 5.65. The molecule has 1 aliphatic rings. The lowest BCUT2D eigenvalue weighted by molar-refractivity contribution is -0.127. The summed E-state index contributed by atoms with van der Waals surface area (Å²) in [6.07, 6.45) is 4.91. The van der Waals surface area contributed by atoms with Gasteiger partial charge in [0.25, 0.3) is 0 Å². The lowest BCUT2D eigenvalue weighted by Crippen LogP contribution is -2.44. The Morgan fingerprint density at radius 2 is 2.33 bits per heavy atom. The number of nitrogens with one attached hydrogen (secondary N) is 1. The molecule has 4 N–H and O–H groups in total. The van der Waals surface area contributed by atoms with Crippen LogP contribution < -0.4 is 11.1 Å². The van der Waals surface area contributed by atoms with Gasteiger partial charge in [0.05, 0.1) is 11.6 Å². The number of fused-ring (bicyclic) bond motifs is 1. The van der Waals surface area contributed by atoms with Crippen LogP contribution in [0.3, 0.4) is 0 Å². The van der Waals surface area contributed by atoms with E-state index >= 15 is 0 Å². The Balaban J connectivity index is 1.62. The number of hydrogen-bond donors (Lipinski definition) is 3. The predicted molar refractivity (Wildman–Crippen MR) is 78.4 cm³/mol. The van der Waals surface area contributed by atoms with Gasteiger partial charge in [-0.15, -0.1) is 0 Å². The van der Waals surface area contributed by atoms with E-state index in [4.69, 9.17) is 5.73 Å². The number of rotatable bonds is 3. The summed E-state index contributed by atoms with van der Waals surface area (Å²) in [6.45, 7) is 0.466. The SMILES string of the molecule is N[C@H]1CC[C@H](C(=O)NCc2cccn3nccc23)C[C@@H]1O. The fraction of sp³-hybridized carbons (Fsp3) is 0.467. The molecule has 6 heteroatoms. The zero-order valence-corrected chi connectivity index (χ0v) is 11.8. The molecule has 2 heterocycles. The molecule has 0 saturated heterocycles. The van der Waals surface area contributed by atoms with Crippen molar-refractivity contribution in [3.63, 3.8) is 0 Å².